The molecular weight excluding hydrogens is 338 g/mol. The average molecular weight is 355 g/mol. The second kappa shape index (κ2) is 7.00. The van der Waals surface area contributed by atoms with Crippen LogP contribution in [0.25, 0.3) is 0 Å². The number of rotatable bonds is 5. The van der Waals surface area contributed by atoms with Gasteiger partial charge < -0.3 is 9.64 Å². The Hall–Kier alpha value is -1.19. The minimum Gasteiger partial charge on any atom is -0.497 e. The van der Waals surface area contributed by atoms with E-state index in [9.17, 15) is 0 Å². The fraction of sp³-hybridized carbons (Fsp3) is 0.250. The van der Waals surface area contributed by atoms with Crippen LogP contribution in [0.3, 0.4) is 0 Å². The lowest BCUT2D eigenvalue weighted by Gasteiger charge is -2.22. The minimum absolute atomic E-state index is 0.505. The lowest BCUT2D eigenvalue weighted by atomic mass is 10.1. The van der Waals surface area contributed by atoms with Crippen molar-refractivity contribution < 1.29 is 4.74 Å². The first-order chi connectivity index (χ1) is 9.63. The molecule has 2 aromatic carbocycles. The summed E-state index contributed by atoms with van der Waals surface area (Å²) in [5.41, 5.74) is 3.46. The first-order valence-electron chi connectivity index (χ1n) is 6.32. The summed E-state index contributed by atoms with van der Waals surface area (Å²) in [6, 6.07) is 14.3. The maximum absolute atomic E-state index is 6.02. The normalized spacial score (nSPS) is 10.4. The third-order valence-corrected chi connectivity index (χ3v) is 3.94. The molecule has 0 aliphatic heterocycles. The van der Waals surface area contributed by atoms with E-state index in [4.69, 9.17) is 16.3 Å². The molecular formula is C16H17BrClNO. The predicted octanol–water partition coefficient (Wildman–Crippen LogP) is 4.83. The highest BCUT2D eigenvalue weighted by molar-refractivity contribution is 9.10. The fourth-order valence-electron chi connectivity index (χ4n) is 2.14. The molecule has 0 amide bonds. The quantitative estimate of drug-likeness (QED) is 0.713. The molecule has 0 unspecified atom stereocenters. The molecule has 0 saturated heterocycles. The van der Waals surface area contributed by atoms with Gasteiger partial charge in [-0.25, -0.2) is 0 Å². The van der Waals surface area contributed by atoms with Gasteiger partial charge in [-0.2, -0.15) is 0 Å². The maximum Gasteiger partial charge on any atom is 0.119 e. The Balaban J connectivity index is 2.23. The van der Waals surface area contributed by atoms with Gasteiger partial charge in [-0.1, -0.05) is 34.1 Å². The molecule has 0 fully saturated rings. The predicted molar refractivity (Wildman–Crippen MR) is 88.8 cm³/mol. The Kier molecular flexibility index (Phi) is 5.32. The van der Waals surface area contributed by atoms with E-state index in [0.717, 1.165) is 28.0 Å². The van der Waals surface area contributed by atoms with Crippen LogP contribution in [0.15, 0.2) is 46.9 Å². The largest absolute Gasteiger partial charge is 0.497 e. The highest BCUT2D eigenvalue weighted by Crippen LogP contribution is 2.27. The summed E-state index contributed by atoms with van der Waals surface area (Å²) < 4.78 is 6.31. The topological polar surface area (TPSA) is 12.5 Å². The van der Waals surface area contributed by atoms with E-state index in [1.807, 2.05) is 18.2 Å². The Labute approximate surface area is 133 Å². The maximum atomic E-state index is 6.02. The molecule has 0 aliphatic carbocycles. The number of hydrogen-bond acceptors (Lipinski definition) is 2. The number of alkyl halides is 1. The Morgan fingerprint density at radius 2 is 2.00 bits per heavy atom. The van der Waals surface area contributed by atoms with Crippen molar-refractivity contribution in [3.8, 4) is 5.75 Å². The standard InChI is InChI=1S/C16H17BrClNO/c1-19(11-12-4-3-5-15(8-12)20-2)16-9-14(17)7-6-13(16)10-18/h3-9H,10-11H2,1-2H3. The van der Waals surface area contributed by atoms with Gasteiger partial charge in [0, 0.05) is 29.6 Å². The van der Waals surface area contributed by atoms with Crippen molar-refractivity contribution in [1.29, 1.82) is 0 Å². The molecule has 0 saturated carbocycles. The first-order valence-corrected chi connectivity index (χ1v) is 7.65. The summed E-state index contributed by atoms with van der Waals surface area (Å²) in [6.07, 6.45) is 0. The van der Waals surface area contributed by atoms with Crippen molar-refractivity contribution in [1.82, 2.24) is 0 Å². The van der Waals surface area contributed by atoms with Gasteiger partial charge in [0.15, 0.2) is 0 Å². The molecule has 0 aromatic heterocycles. The molecule has 20 heavy (non-hydrogen) atoms. The molecule has 0 N–H and O–H groups in total. The number of benzene rings is 2. The first kappa shape index (κ1) is 15.2. The zero-order valence-electron chi connectivity index (χ0n) is 11.6. The van der Waals surface area contributed by atoms with Crippen LogP contribution in [0, 0.1) is 0 Å². The molecule has 0 spiro atoms. The molecule has 0 atom stereocenters. The molecule has 0 aliphatic rings. The molecule has 0 bridgehead atoms. The molecule has 2 rings (SSSR count). The number of halogens is 2. The van der Waals surface area contributed by atoms with Gasteiger partial charge in [0.05, 0.1) is 7.11 Å². The summed E-state index contributed by atoms with van der Waals surface area (Å²) in [7, 11) is 3.75. The molecule has 0 radical (unpaired) electrons. The van der Waals surface area contributed by atoms with E-state index in [1.165, 1.54) is 5.56 Å². The van der Waals surface area contributed by atoms with Crippen molar-refractivity contribution in [2.24, 2.45) is 0 Å². The minimum atomic E-state index is 0.505. The third-order valence-electron chi connectivity index (χ3n) is 3.16. The van der Waals surface area contributed by atoms with E-state index in [0.29, 0.717) is 5.88 Å². The van der Waals surface area contributed by atoms with Gasteiger partial charge in [0.1, 0.15) is 5.75 Å². The van der Waals surface area contributed by atoms with E-state index >= 15 is 0 Å². The van der Waals surface area contributed by atoms with E-state index in [2.05, 4.69) is 52.1 Å². The van der Waals surface area contributed by atoms with Gasteiger partial charge in [0.2, 0.25) is 0 Å². The van der Waals surface area contributed by atoms with E-state index < -0.39 is 0 Å². The van der Waals surface area contributed by atoms with Crippen molar-refractivity contribution in [2.75, 3.05) is 19.1 Å². The lowest BCUT2D eigenvalue weighted by molar-refractivity contribution is 0.414. The van der Waals surface area contributed by atoms with Crippen LogP contribution in [0.2, 0.25) is 0 Å². The van der Waals surface area contributed by atoms with Gasteiger partial charge >= 0.3 is 0 Å². The third kappa shape index (κ3) is 3.68. The Bertz CT molecular complexity index is 588. The van der Waals surface area contributed by atoms with Crippen molar-refractivity contribution in [3.63, 3.8) is 0 Å². The summed E-state index contributed by atoms with van der Waals surface area (Å²) in [5.74, 6) is 1.38. The van der Waals surface area contributed by atoms with Crippen LogP contribution in [-0.4, -0.2) is 14.2 Å². The fourth-order valence-corrected chi connectivity index (χ4v) is 2.71. The second-order valence-electron chi connectivity index (χ2n) is 4.61. The van der Waals surface area contributed by atoms with Crippen LogP contribution < -0.4 is 9.64 Å². The van der Waals surface area contributed by atoms with Crippen molar-refractivity contribution in [3.05, 3.63) is 58.1 Å². The Morgan fingerprint density at radius 1 is 1.20 bits per heavy atom. The van der Waals surface area contributed by atoms with Crippen LogP contribution in [-0.2, 0) is 12.4 Å². The smallest absolute Gasteiger partial charge is 0.119 e. The lowest BCUT2D eigenvalue weighted by Crippen LogP contribution is -2.17. The number of methoxy groups -OCH3 is 1. The number of nitrogens with zero attached hydrogens (tertiary/aromatic N) is 1. The SMILES string of the molecule is COc1cccc(CN(C)c2cc(Br)ccc2CCl)c1. The summed E-state index contributed by atoms with van der Waals surface area (Å²) >= 11 is 9.53. The highest BCUT2D eigenvalue weighted by Gasteiger charge is 2.08. The molecule has 2 nitrogen and oxygen atoms in total. The zero-order valence-corrected chi connectivity index (χ0v) is 13.9. The average Bonchev–Trinajstić information content (AvgIpc) is 2.47. The van der Waals surface area contributed by atoms with Crippen LogP contribution in [0.5, 0.6) is 5.75 Å². The summed E-state index contributed by atoms with van der Waals surface area (Å²) in [5, 5.41) is 0. The van der Waals surface area contributed by atoms with Crippen molar-refractivity contribution >= 4 is 33.2 Å². The monoisotopic (exact) mass is 353 g/mol. The highest BCUT2D eigenvalue weighted by atomic mass is 79.9. The van der Waals surface area contributed by atoms with Crippen LogP contribution >= 0.6 is 27.5 Å². The summed E-state index contributed by atoms with van der Waals surface area (Å²) in [4.78, 5) is 2.19. The van der Waals surface area contributed by atoms with Crippen molar-refractivity contribution in [2.45, 2.75) is 12.4 Å². The molecule has 106 valence electrons. The number of anilines is 1. The van der Waals surface area contributed by atoms with E-state index in [1.54, 1.807) is 7.11 Å². The molecule has 4 heteroatoms. The number of ether oxygens (including phenoxy) is 1. The molecule has 0 heterocycles. The van der Waals surface area contributed by atoms with Gasteiger partial charge in [0.25, 0.3) is 0 Å². The van der Waals surface area contributed by atoms with Crippen LogP contribution in [0.4, 0.5) is 5.69 Å². The van der Waals surface area contributed by atoms with Gasteiger partial charge in [-0.3, -0.25) is 0 Å². The zero-order chi connectivity index (χ0) is 14.5. The summed E-state index contributed by atoms with van der Waals surface area (Å²) in [6.45, 7) is 0.803. The van der Waals surface area contributed by atoms with Crippen LogP contribution in [0.1, 0.15) is 11.1 Å². The molecule has 2 aromatic rings. The van der Waals surface area contributed by atoms with E-state index in [-0.39, 0.29) is 0 Å². The van der Waals surface area contributed by atoms with Gasteiger partial charge in [-0.05, 0) is 35.4 Å². The number of hydrogen-bond donors (Lipinski definition) is 0. The van der Waals surface area contributed by atoms with Gasteiger partial charge in [-0.15, -0.1) is 11.6 Å². The Morgan fingerprint density at radius 3 is 2.70 bits per heavy atom. The second-order valence-corrected chi connectivity index (χ2v) is 5.80.